The molecule has 0 amide bonds. The van der Waals surface area contributed by atoms with E-state index in [0.717, 1.165) is 0 Å². The third kappa shape index (κ3) is 5.47. The van der Waals surface area contributed by atoms with E-state index in [4.69, 9.17) is 4.74 Å². The molecule has 0 bridgehead atoms. The summed E-state index contributed by atoms with van der Waals surface area (Å²) in [6, 6.07) is 31.1. The summed E-state index contributed by atoms with van der Waals surface area (Å²) in [7, 11) is 0. The van der Waals surface area contributed by atoms with Gasteiger partial charge >= 0.3 is 0 Å². The van der Waals surface area contributed by atoms with Gasteiger partial charge in [-0.3, -0.25) is 0 Å². The Labute approximate surface area is 146 Å². The maximum Gasteiger partial charge on any atom is 0.159 e. The van der Waals surface area contributed by atoms with E-state index in [9.17, 15) is 0 Å². The quantitative estimate of drug-likeness (QED) is 0.382. The molecule has 3 heteroatoms. The van der Waals surface area contributed by atoms with E-state index in [1.54, 1.807) is 23.5 Å². The van der Waals surface area contributed by atoms with Crippen molar-refractivity contribution in [3.8, 4) is 0 Å². The van der Waals surface area contributed by atoms with Gasteiger partial charge in [-0.1, -0.05) is 90.3 Å². The Morgan fingerprint density at radius 2 is 1.04 bits per heavy atom. The highest BCUT2D eigenvalue weighted by Crippen LogP contribution is 2.36. The van der Waals surface area contributed by atoms with Crippen LogP contribution in [0.15, 0.2) is 101 Å². The van der Waals surface area contributed by atoms with Gasteiger partial charge in [-0.2, -0.15) is 0 Å². The van der Waals surface area contributed by atoms with Crippen LogP contribution in [-0.4, -0.2) is 4.77 Å². The molecule has 0 saturated carbocycles. The van der Waals surface area contributed by atoms with Crippen LogP contribution in [0.25, 0.3) is 0 Å². The minimum Gasteiger partial charge on any atom is -0.352 e. The lowest BCUT2D eigenvalue weighted by atomic mass is 10.2. The van der Waals surface area contributed by atoms with Gasteiger partial charge in [-0.05, 0) is 29.8 Å². The molecule has 3 aromatic rings. The van der Waals surface area contributed by atoms with Gasteiger partial charge in [0.2, 0.25) is 0 Å². The molecule has 0 aliphatic carbocycles. The summed E-state index contributed by atoms with van der Waals surface area (Å²) in [4.78, 5) is 2.43. The van der Waals surface area contributed by atoms with Crippen LogP contribution in [0.2, 0.25) is 0 Å². The average Bonchev–Trinajstić information content (AvgIpc) is 2.62. The number of benzene rings is 3. The second kappa shape index (κ2) is 8.82. The number of hydrogen-bond donors (Lipinski definition) is 0. The fraction of sp³-hybridized carbons (Fsp3) is 0.100. The van der Waals surface area contributed by atoms with Crippen LogP contribution < -0.4 is 0 Å². The first-order valence-corrected chi connectivity index (χ1v) is 9.25. The Hall–Kier alpha value is -1.68. The number of thioether (sulfide) groups is 2. The van der Waals surface area contributed by atoms with Crippen LogP contribution in [0.3, 0.4) is 0 Å². The van der Waals surface area contributed by atoms with Crippen molar-refractivity contribution in [2.45, 2.75) is 21.2 Å². The molecule has 0 aliphatic rings. The van der Waals surface area contributed by atoms with Crippen molar-refractivity contribution in [2.75, 3.05) is 0 Å². The molecule has 0 fully saturated rings. The maximum absolute atomic E-state index is 6.16. The van der Waals surface area contributed by atoms with Crippen molar-refractivity contribution in [3.05, 3.63) is 96.6 Å². The maximum atomic E-state index is 6.16. The van der Waals surface area contributed by atoms with Crippen molar-refractivity contribution >= 4 is 23.5 Å². The molecule has 0 unspecified atom stereocenters. The Morgan fingerprint density at radius 1 is 0.609 bits per heavy atom. The number of hydrogen-bond acceptors (Lipinski definition) is 3. The van der Waals surface area contributed by atoms with Gasteiger partial charge in [0.25, 0.3) is 0 Å². The molecule has 0 saturated heterocycles. The summed E-state index contributed by atoms with van der Waals surface area (Å²) in [6.45, 7) is 0.616. The summed E-state index contributed by atoms with van der Waals surface area (Å²) in [5.41, 5.74) is 1.19. The molecule has 0 heterocycles. The van der Waals surface area contributed by atoms with Crippen LogP contribution in [0.5, 0.6) is 0 Å². The molecule has 0 aromatic heterocycles. The lowest BCUT2D eigenvalue weighted by molar-refractivity contribution is 0.149. The molecule has 3 rings (SSSR count). The van der Waals surface area contributed by atoms with Crippen molar-refractivity contribution in [3.63, 3.8) is 0 Å². The SMILES string of the molecule is c1ccc(COC(Sc2ccccc2)Sc2ccccc2)cc1. The first kappa shape index (κ1) is 16.2. The standard InChI is InChI=1S/C20H18OS2/c1-4-10-17(11-5-1)16-21-20(22-18-12-6-2-7-13-18)23-19-14-8-3-9-15-19/h1-15,20H,16H2. The monoisotopic (exact) mass is 338 g/mol. The summed E-state index contributed by atoms with van der Waals surface area (Å²) >= 11 is 3.49. The smallest absolute Gasteiger partial charge is 0.159 e. The molecule has 0 atom stereocenters. The molecule has 3 aromatic carbocycles. The second-order valence-electron chi connectivity index (χ2n) is 4.95. The summed E-state index contributed by atoms with van der Waals surface area (Å²) in [6.07, 6.45) is 0. The van der Waals surface area contributed by atoms with Gasteiger partial charge in [0.15, 0.2) is 4.77 Å². The van der Waals surface area contributed by atoms with Crippen molar-refractivity contribution in [1.29, 1.82) is 0 Å². The fourth-order valence-corrected chi connectivity index (χ4v) is 4.26. The van der Waals surface area contributed by atoms with E-state index >= 15 is 0 Å². The van der Waals surface area contributed by atoms with E-state index < -0.39 is 0 Å². The van der Waals surface area contributed by atoms with Crippen molar-refractivity contribution in [1.82, 2.24) is 0 Å². The first-order chi connectivity index (χ1) is 11.4. The van der Waals surface area contributed by atoms with Crippen LogP contribution in [-0.2, 0) is 11.3 Å². The topological polar surface area (TPSA) is 9.23 Å². The van der Waals surface area contributed by atoms with Crippen LogP contribution in [0, 0.1) is 0 Å². The molecular weight excluding hydrogens is 320 g/mol. The Balaban J connectivity index is 1.67. The molecule has 1 nitrogen and oxygen atoms in total. The average molecular weight is 338 g/mol. The first-order valence-electron chi connectivity index (χ1n) is 7.49. The predicted octanol–water partition coefficient (Wildman–Crippen LogP) is 6.07. The van der Waals surface area contributed by atoms with Crippen LogP contribution >= 0.6 is 23.5 Å². The zero-order valence-electron chi connectivity index (χ0n) is 12.7. The van der Waals surface area contributed by atoms with Gasteiger partial charge < -0.3 is 4.74 Å². The lowest BCUT2D eigenvalue weighted by Gasteiger charge is -2.17. The summed E-state index contributed by atoms with van der Waals surface area (Å²) in [5, 5.41) is 0. The number of rotatable bonds is 7. The lowest BCUT2D eigenvalue weighted by Crippen LogP contribution is -2.04. The highest BCUT2D eigenvalue weighted by atomic mass is 32.2. The van der Waals surface area contributed by atoms with Crippen LogP contribution in [0.4, 0.5) is 0 Å². The van der Waals surface area contributed by atoms with Crippen molar-refractivity contribution in [2.24, 2.45) is 0 Å². The van der Waals surface area contributed by atoms with Crippen LogP contribution in [0.1, 0.15) is 5.56 Å². The van der Waals surface area contributed by atoms with E-state index in [1.165, 1.54) is 15.4 Å². The zero-order chi connectivity index (χ0) is 15.7. The van der Waals surface area contributed by atoms with Gasteiger partial charge in [-0.25, -0.2) is 0 Å². The molecule has 0 spiro atoms. The van der Waals surface area contributed by atoms with Gasteiger partial charge in [0.1, 0.15) is 0 Å². The minimum atomic E-state index is 0.0139. The van der Waals surface area contributed by atoms with Gasteiger partial charge in [0, 0.05) is 9.79 Å². The normalized spacial score (nSPS) is 10.8. The Morgan fingerprint density at radius 3 is 1.52 bits per heavy atom. The fourth-order valence-electron chi connectivity index (χ4n) is 2.05. The van der Waals surface area contributed by atoms with E-state index in [1.807, 2.05) is 30.3 Å². The molecule has 23 heavy (non-hydrogen) atoms. The summed E-state index contributed by atoms with van der Waals surface area (Å²) in [5.74, 6) is 0. The number of ether oxygens (including phenoxy) is 1. The largest absolute Gasteiger partial charge is 0.352 e. The zero-order valence-corrected chi connectivity index (χ0v) is 14.3. The Kier molecular flexibility index (Phi) is 6.21. The van der Waals surface area contributed by atoms with Gasteiger partial charge in [-0.15, -0.1) is 0 Å². The molecular formula is C20H18OS2. The Bertz CT molecular complexity index is 645. The van der Waals surface area contributed by atoms with E-state index in [0.29, 0.717) is 6.61 Å². The van der Waals surface area contributed by atoms with E-state index in [2.05, 4.69) is 60.7 Å². The third-order valence-electron chi connectivity index (χ3n) is 3.18. The van der Waals surface area contributed by atoms with Gasteiger partial charge in [0.05, 0.1) is 6.61 Å². The predicted molar refractivity (Wildman–Crippen MR) is 99.6 cm³/mol. The second-order valence-corrected chi connectivity index (χ2v) is 7.52. The highest BCUT2D eigenvalue weighted by molar-refractivity contribution is 8.16. The minimum absolute atomic E-state index is 0.0139. The third-order valence-corrected chi connectivity index (χ3v) is 5.50. The molecule has 0 aliphatic heterocycles. The highest BCUT2D eigenvalue weighted by Gasteiger charge is 2.13. The molecule has 0 N–H and O–H groups in total. The molecule has 116 valence electrons. The molecule has 0 radical (unpaired) electrons. The van der Waals surface area contributed by atoms with E-state index in [-0.39, 0.29) is 4.77 Å². The van der Waals surface area contributed by atoms with Crippen molar-refractivity contribution < 1.29 is 4.74 Å². The summed E-state index contributed by atoms with van der Waals surface area (Å²) < 4.78 is 6.18.